The van der Waals surface area contributed by atoms with Crippen molar-refractivity contribution >= 4 is 34.9 Å². The summed E-state index contributed by atoms with van der Waals surface area (Å²) in [5.74, 6) is -1.76. The molecule has 1 atom stereocenters. The normalized spacial score (nSPS) is 14.1. The minimum absolute atomic E-state index is 0.00115. The van der Waals surface area contributed by atoms with Crippen molar-refractivity contribution in [2.45, 2.75) is 5.92 Å². The molecule has 9 nitrogen and oxygen atoms in total. The van der Waals surface area contributed by atoms with Crippen LogP contribution >= 0.6 is 23.2 Å². The average Bonchev–Trinajstić information content (AvgIpc) is 2.80. The van der Waals surface area contributed by atoms with Gasteiger partial charge in [-0.15, -0.1) is 10.2 Å². The Morgan fingerprint density at radius 3 is 2.53 bits per heavy atom. The van der Waals surface area contributed by atoms with Crippen molar-refractivity contribution < 1.29 is 24.9 Å². The van der Waals surface area contributed by atoms with E-state index in [-0.39, 0.29) is 55.7 Å². The van der Waals surface area contributed by atoms with Gasteiger partial charge in [-0.2, -0.15) is 0 Å². The highest BCUT2D eigenvalue weighted by Crippen LogP contribution is 2.55. The molecule has 0 bridgehead atoms. The van der Waals surface area contributed by atoms with Gasteiger partial charge in [-0.25, -0.2) is 4.79 Å². The molecule has 0 fully saturated rings. The zero-order valence-electron chi connectivity index (χ0n) is 17.0. The zero-order valence-corrected chi connectivity index (χ0v) is 18.5. The molecule has 3 aromatic carbocycles. The van der Waals surface area contributed by atoms with Crippen LogP contribution in [-0.2, 0) is 0 Å². The highest BCUT2D eigenvalue weighted by atomic mass is 35.5. The smallest absolute Gasteiger partial charge is 0.335 e. The molecule has 1 aliphatic rings. The van der Waals surface area contributed by atoms with Crippen LogP contribution in [-0.4, -0.2) is 36.7 Å². The molecule has 5 N–H and O–H groups in total. The van der Waals surface area contributed by atoms with Gasteiger partial charge in [-0.1, -0.05) is 47.5 Å². The number of ether oxygens (including phenoxy) is 1. The Kier molecular flexibility index (Phi) is 5.15. The zero-order chi connectivity index (χ0) is 24.1. The summed E-state index contributed by atoms with van der Waals surface area (Å²) in [5.41, 5.74) is 8.08. The standard InChI is InChI=1S/C23H14Cl2N4O5/c24-19-21(27-29-28-22(19)25)17-13(31)8-15-18(20(17)26)16(10-3-1-2-4-11(10)23(32)33)12-6-5-9(30)7-14(12)34-15/h1-8,16,30-31H,26H2,(H,32,33). The van der Waals surface area contributed by atoms with Crippen molar-refractivity contribution in [3.05, 3.63) is 81.0 Å². The molecule has 0 aliphatic carbocycles. The van der Waals surface area contributed by atoms with E-state index in [2.05, 4.69) is 15.4 Å². The first-order valence-electron chi connectivity index (χ1n) is 9.81. The van der Waals surface area contributed by atoms with Gasteiger partial charge in [-0.05, 0) is 22.9 Å². The number of benzene rings is 3. The molecular formula is C23H14Cl2N4O5. The lowest BCUT2D eigenvalue weighted by atomic mass is 9.79. The summed E-state index contributed by atoms with van der Waals surface area (Å²) in [4.78, 5) is 12.1. The number of fused-ring (bicyclic) bond motifs is 2. The second-order valence-corrected chi connectivity index (χ2v) is 8.22. The molecule has 11 heteroatoms. The van der Waals surface area contributed by atoms with Gasteiger partial charge in [0.2, 0.25) is 0 Å². The summed E-state index contributed by atoms with van der Waals surface area (Å²) < 4.78 is 5.96. The number of aromatic carboxylic acids is 1. The van der Waals surface area contributed by atoms with Crippen molar-refractivity contribution in [1.29, 1.82) is 0 Å². The summed E-state index contributed by atoms with van der Waals surface area (Å²) in [6.07, 6.45) is 0. The number of rotatable bonds is 3. The maximum absolute atomic E-state index is 12.1. The number of nitrogens with zero attached hydrogens (tertiary/aromatic N) is 3. The third-order valence-corrected chi connectivity index (χ3v) is 6.29. The van der Waals surface area contributed by atoms with E-state index in [1.54, 1.807) is 24.3 Å². The molecule has 0 spiro atoms. The second-order valence-electron chi connectivity index (χ2n) is 7.49. The fraction of sp³-hybridized carbons (Fsp3) is 0.0435. The lowest BCUT2D eigenvalue weighted by molar-refractivity contribution is 0.0695. The quantitative estimate of drug-likeness (QED) is 0.257. The van der Waals surface area contributed by atoms with E-state index < -0.39 is 11.9 Å². The molecule has 0 radical (unpaired) electrons. The number of hydrogen-bond donors (Lipinski definition) is 4. The number of halogens is 2. The Hall–Kier alpha value is -4.08. The number of anilines is 1. The van der Waals surface area contributed by atoms with Crippen LogP contribution in [0.15, 0.2) is 48.5 Å². The number of carbonyl (C=O) groups is 1. The largest absolute Gasteiger partial charge is 0.508 e. The Bertz CT molecular complexity index is 1490. The van der Waals surface area contributed by atoms with Crippen molar-refractivity contribution in [2.24, 2.45) is 0 Å². The molecule has 1 aliphatic heterocycles. The van der Waals surface area contributed by atoms with E-state index in [9.17, 15) is 20.1 Å². The number of aromatic hydroxyl groups is 2. The number of carboxylic acid groups (broad SMARTS) is 1. The number of phenols is 2. The predicted molar refractivity (Wildman–Crippen MR) is 124 cm³/mol. The topological polar surface area (TPSA) is 152 Å². The molecule has 2 heterocycles. The van der Waals surface area contributed by atoms with Gasteiger partial charge in [0.25, 0.3) is 0 Å². The Balaban J connectivity index is 1.86. The SMILES string of the molecule is Nc1c(-c2nnnc(Cl)c2Cl)c(O)cc2c1C(c1ccccc1C(=O)O)c1ccc(O)cc1O2. The molecular weight excluding hydrogens is 483 g/mol. The van der Waals surface area contributed by atoms with Gasteiger partial charge in [0.1, 0.15) is 33.7 Å². The molecule has 5 rings (SSSR count). The highest BCUT2D eigenvalue weighted by Gasteiger charge is 2.36. The minimum Gasteiger partial charge on any atom is -0.508 e. The second kappa shape index (κ2) is 8.05. The van der Waals surface area contributed by atoms with Crippen LogP contribution in [0.3, 0.4) is 0 Å². The summed E-state index contributed by atoms with van der Waals surface area (Å²) in [5, 5.41) is 41.5. The van der Waals surface area contributed by atoms with Gasteiger partial charge >= 0.3 is 5.97 Å². The number of aromatic nitrogens is 3. The number of nitrogens with two attached hydrogens (primary N) is 1. The van der Waals surface area contributed by atoms with Crippen LogP contribution in [0.2, 0.25) is 10.2 Å². The summed E-state index contributed by atoms with van der Waals surface area (Å²) in [6, 6.07) is 12.3. The van der Waals surface area contributed by atoms with Gasteiger partial charge < -0.3 is 25.8 Å². The summed E-state index contributed by atoms with van der Waals surface area (Å²) >= 11 is 12.3. The molecule has 34 heavy (non-hydrogen) atoms. The van der Waals surface area contributed by atoms with Crippen LogP contribution in [0.4, 0.5) is 5.69 Å². The Labute approximate surface area is 202 Å². The van der Waals surface area contributed by atoms with Gasteiger partial charge in [0.15, 0.2) is 5.15 Å². The number of hydrogen-bond acceptors (Lipinski definition) is 8. The Morgan fingerprint density at radius 1 is 1.00 bits per heavy atom. The number of phenolic OH excluding ortho intramolecular Hbond substituents is 2. The Morgan fingerprint density at radius 2 is 1.76 bits per heavy atom. The van der Waals surface area contributed by atoms with E-state index >= 15 is 0 Å². The maximum Gasteiger partial charge on any atom is 0.335 e. The highest BCUT2D eigenvalue weighted by molar-refractivity contribution is 6.42. The monoisotopic (exact) mass is 496 g/mol. The predicted octanol–water partition coefficient (Wildman–Crippen LogP) is 4.82. The summed E-state index contributed by atoms with van der Waals surface area (Å²) in [6.45, 7) is 0. The number of nitrogen functional groups attached to an aromatic ring is 1. The average molecular weight is 497 g/mol. The third kappa shape index (κ3) is 3.33. The van der Waals surface area contributed by atoms with Gasteiger partial charge in [-0.3, -0.25) is 0 Å². The summed E-state index contributed by atoms with van der Waals surface area (Å²) in [7, 11) is 0. The van der Waals surface area contributed by atoms with E-state index in [0.717, 1.165) is 0 Å². The van der Waals surface area contributed by atoms with Crippen molar-refractivity contribution in [1.82, 2.24) is 15.4 Å². The molecule has 170 valence electrons. The maximum atomic E-state index is 12.1. The molecule has 1 aromatic heterocycles. The third-order valence-electron chi connectivity index (χ3n) is 5.57. The lowest BCUT2D eigenvalue weighted by Crippen LogP contribution is -2.17. The van der Waals surface area contributed by atoms with E-state index in [1.807, 2.05) is 0 Å². The first-order valence-corrected chi connectivity index (χ1v) is 10.6. The lowest BCUT2D eigenvalue weighted by Gasteiger charge is -2.31. The van der Waals surface area contributed by atoms with Crippen LogP contribution < -0.4 is 10.5 Å². The first-order chi connectivity index (χ1) is 16.3. The molecule has 0 amide bonds. The minimum atomic E-state index is -1.13. The molecule has 1 unspecified atom stereocenters. The van der Waals surface area contributed by atoms with Crippen molar-refractivity contribution in [3.8, 4) is 34.3 Å². The van der Waals surface area contributed by atoms with E-state index in [4.69, 9.17) is 33.7 Å². The van der Waals surface area contributed by atoms with Crippen LogP contribution in [0.5, 0.6) is 23.0 Å². The van der Waals surface area contributed by atoms with Gasteiger partial charge in [0, 0.05) is 29.2 Å². The van der Waals surface area contributed by atoms with E-state index in [0.29, 0.717) is 16.7 Å². The fourth-order valence-electron chi connectivity index (χ4n) is 4.15. The van der Waals surface area contributed by atoms with Crippen molar-refractivity contribution in [3.63, 3.8) is 0 Å². The van der Waals surface area contributed by atoms with Crippen LogP contribution in [0.1, 0.15) is 33.0 Å². The van der Waals surface area contributed by atoms with Crippen LogP contribution in [0.25, 0.3) is 11.3 Å². The first kappa shape index (κ1) is 21.7. The number of carboxylic acids is 1. The van der Waals surface area contributed by atoms with Crippen molar-refractivity contribution in [2.75, 3.05) is 5.73 Å². The fourth-order valence-corrected chi connectivity index (χ4v) is 4.45. The van der Waals surface area contributed by atoms with E-state index in [1.165, 1.54) is 24.3 Å². The van der Waals surface area contributed by atoms with Gasteiger partial charge in [0.05, 0.1) is 16.8 Å². The molecule has 4 aromatic rings. The molecule has 0 saturated carbocycles. The molecule has 0 saturated heterocycles. The van der Waals surface area contributed by atoms with Crippen LogP contribution in [0, 0.1) is 0 Å².